The number of aryl methyl sites for hydroxylation is 1. The first kappa shape index (κ1) is 18.1. The van der Waals surface area contributed by atoms with Crippen LogP contribution in [0, 0.1) is 0 Å². The Morgan fingerprint density at radius 3 is 2.54 bits per heavy atom. The van der Waals surface area contributed by atoms with E-state index in [0.717, 1.165) is 42.6 Å². The lowest BCUT2D eigenvalue weighted by atomic mass is 10.0. The maximum Gasteiger partial charge on any atom is 0.209 e. The van der Waals surface area contributed by atoms with Gasteiger partial charge in [-0.2, -0.15) is 10.2 Å². The molecule has 0 bridgehead atoms. The summed E-state index contributed by atoms with van der Waals surface area (Å²) in [5, 5.41) is 9.27. The van der Waals surface area contributed by atoms with Crippen molar-refractivity contribution in [2.75, 3.05) is 5.43 Å². The summed E-state index contributed by atoms with van der Waals surface area (Å²) >= 11 is 5.87. The third-order valence-electron chi connectivity index (χ3n) is 4.21. The first-order valence-corrected chi connectivity index (χ1v) is 9.02. The predicted octanol–water partition coefficient (Wildman–Crippen LogP) is 4.37. The topological polar surface area (TPSA) is 65.8 Å². The molecule has 1 aliphatic rings. The van der Waals surface area contributed by atoms with Gasteiger partial charge in [0.25, 0.3) is 0 Å². The van der Waals surface area contributed by atoms with E-state index in [1.807, 2.05) is 12.1 Å². The number of hydrazone groups is 2. The zero-order valence-corrected chi connectivity index (χ0v) is 15.4. The van der Waals surface area contributed by atoms with Crippen molar-refractivity contribution in [1.29, 1.82) is 0 Å². The van der Waals surface area contributed by atoms with Crippen LogP contribution < -0.4 is 10.9 Å². The molecule has 0 unspecified atom stereocenters. The number of hydrogen-bond acceptors (Lipinski definition) is 4. The number of Topliss-reactive ketones (excluding diaryl/α,β-unsaturated/α-hetero) is 1. The number of nitrogens with one attached hydrogen (secondary N) is 2. The van der Waals surface area contributed by atoms with Crippen LogP contribution in [0.2, 0.25) is 5.02 Å². The van der Waals surface area contributed by atoms with Crippen LogP contribution in [0.15, 0.2) is 58.7 Å². The quantitative estimate of drug-likeness (QED) is 0.364. The number of rotatable bonds is 4. The van der Waals surface area contributed by atoms with Crippen LogP contribution in [0.5, 0.6) is 0 Å². The van der Waals surface area contributed by atoms with E-state index in [9.17, 15) is 4.79 Å². The molecule has 5 nitrogen and oxygen atoms in total. The number of halogens is 1. The number of carbonyl (C=O) groups is 1. The first-order chi connectivity index (χ1) is 12.6. The van der Waals surface area contributed by atoms with Crippen LogP contribution in [-0.2, 0) is 11.2 Å². The molecule has 134 valence electrons. The van der Waals surface area contributed by atoms with Crippen molar-refractivity contribution >= 4 is 34.6 Å². The lowest BCUT2D eigenvalue weighted by molar-refractivity contribution is -0.111. The molecule has 2 N–H and O–H groups in total. The van der Waals surface area contributed by atoms with E-state index in [2.05, 4.69) is 33.2 Å². The number of anilines is 1. The molecule has 0 spiro atoms. The number of amidine groups is 1. The fourth-order valence-electron chi connectivity index (χ4n) is 2.83. The van der Waals surface area contributed by atoms with Gasteiger partial charge >= 0.3 is 0 Å². The molecule has 0 aliphatic heterocycles. The van der Waals surface area contributed by atoms with Crippen LogP contribution in [-0.4, -0.2) is 17.3 Å². The Labute approximate surface area is 158 Å². The predicted molar refractivity (Wildman–Crippen MR) is 107 cm³/mol. The molecule has 0 saturated heterocycles. The van der Waals surface area contributed by atoms with Crippen LogP contribution in [0.1, 0.15) is 37.3 Å². The summed E-state index contributed by atoms with van der Waals surface area (Å²) in [6.45, 7) is 1.45. The monoisotopic (exact) mass is 368 g/mol. The minimum atomic E-state index is -0.197. The average molecular weight is 369 g/mol. The van der Waals surface area contributed by atoms with Crippen LogP contribution in [0.4, 0.5) is 5.69 Å². The normalized spacial score (nSPS) is 15.9. The number of fused-ring (bicyclic) bond motifs is 1. The molecule has 2 aromatic rings. The largest absolute Gasteiger partial charge is 0.291 e. The second kappa shape index (κ2) is 8.63. The molecular weight excluding hydrogens is 348 g/mol. The fraction of sp³-hybridized carbons (Fsp3) is 0.250. The maximum atomic E-state index is 11.9. The highest BCUT2D eigenvalue weighted by atomic mass is 35.5. The number of hydrogen-bond donors (Lipinski definition) is 2. The van der Waals surface area contributed by atoms with Crippen molar-refractivity contribution in [3.8, 4) is 0 Å². The zero-order chi connectivity index (χ0) is 18.4. The number of carbonyl (C=O) groups excluding carboxylic acids is 1. The summed E-state index contributed by atoms with van der Waals surface area (Å²) in [4.78, 5) is 11.9. The van der Waals surface area contributed by atoms with Gasteiger partial charge in [0.05, 0.1) is 11.4 Å². The van der Waals surface area contributed by atoms with Gasteiger partial charge in [-0.3, -0.25) is 15.6 Å². The Morgan fingerprint density at radius 1 is 1.04 bits per heavy atom. The molecule has 2 aromatic carbocycles. The Morgan fingerprint density at radius 2 is 1.77 bits per heavy atom. The minimum absolute atomic E-state index is 0.161. The van der Waals surface area contributed by atoms with E-state index in [-0.39, 0.29) is 11.6 Å². The summed E-state index contributed by atoms with van der Waals surface area (Å²) in [6, 6.07) is 15.4. The molecule has 1 aliphatic carbocycles. The third kappa shape index (κ3) is 4.70. The van der Waals surface area contributed by atoms with E-state index in [1.165, 1.54) is 12.5 Å². The van der Waals surface area contributed by atoms with Crippen LogP contribution >= 0.6 is 11.6 Å². The van der Waals surface area contributed by atoms with Gasteiger partial charge in [-0.05, 0) is 55.5 Å². The zero-order valence-electron chi connectivity index (χ0n) is 14.6. The second-order valence-corrected chi connectivity index (χ2v) is 6.61. The molecule has 0 atom stereocenters. The van der Waals surface area contributed by atoms with Gasteiger partial charge in [0.1, 0.15) is 0 Å². The van der Waals surface area contributed by atoms with Crippen LogP contribution in [0.3, 0.4) is 0 Å². The number of benzene rings is 2. The molecule has 0 radical (unpaired) electrons. The summed E-state index contributed by atoms with van der Waals surface area (Å²) in [5.74, 6) is -0.0353. The SMILES string of the molecule is CC(=O)/C(=N\Nc1ccc(Cl)cc1)N/N=C1\CCCCc2ccccc21. The van der Waals surface area contributed by atoms with Crippen molar-refractivity contribution in [1.82, 2.24) is 5.43 Å². The lowest BCUT2D eigenvalue weighted by Crippen LogP contribution is -2.28. The summed E-state index contributed by atoms with van der Waals surface area (Å²) in [6.07, 6.45) is 4.15. The second-order valence-electron chi connectivity index (χ2n) is 6.17. The Hall–Kier alpha value is -2.66. The summed E-state index contributed by atoms with van der Waals surface area (Å²) in [7, 11) is 0. The van der Waals surface area contributed by atoms with E-state index in [0.29, 0.717) is 5.02 Å². The van der Waals surface area contributed by atoms with Gasteiger partial charge in [-0.15, -0.1) is 0 Å². The van der Waals surface area contributed by atoms with Gasteiger partial charge in [0.2, 0.25) is 5.84 Å². The van der Waals surface area contributed by atoms with E-state index in [4.69, 9.17) is 11.6 Å². The molecule has 26 heavy (non-hydrogen) atoms. The summed E-state index contributed by atoms with van der Waals surface area (Å²) < 4.78 is 0. The highest BCUT2D eigenvalue weighted by Gasteiger charge is 2.14. The van der Waals surface area contributed by atoms with Crippen molar-refractivity contribution in [3.05, 3.63) is 64.7 Å². The molecule has 0 heterocycles. The molecule has 0 aromatic heterocycles. The smallest absolute Gasteiger partial charge is 0.209 e. The Bertz CT molecular complexity index is 843. The average Bonchev–Trinajstić information content (AvgIpc) is 2.85. The standard InChI is InChI=1S/C20H21ClN4O/c1-14(26)20(24-22-17-12-10-16(21)11-13-17)25-23-19-9-5-3-7-15-6-2-4-8-18(15)19/h2,4,6,8,10-13,22H,3,5,7,9H2,1H3,(H,24,25)/b23-19+. The van der Waals surface area contributed by atoms with Crippen molar-refractivity contribution in [2.24, 2.45) is 10.2 Å². The number of nitrogens with zero attached hydrogens (tertiary/aromatic N) is 2. The fourth-order valence-corrected chi connectivity index (χ4v) is 2.95. The van der Waals surface area contributed by atoms with E-state index >= 15 is 0 Å². The number of ketones is 1. The van der Waals surface area contributed by atoms with Crippen LogP contribution in [0.25, 0.3) is 0 Å². The summed E-state index contributed by atoms with van der Waals surface area (Å²) in [5.41, 5.74) is 9.83. The molecule has 3 rings (SSSR count). The maximum absolute atomic E-state index is 11.9. The van der Waals surface area contributed by atoms with Gasteiger partial charge in [0, 0.05) is 17.5 Å². The molecule has 0 saturated carbocycles. The Kier molecular flexibility index (Phi) is 6.02. The highest BCUT2D eigenvalue weighted by molar-refractivity contribution is 6.38. The molecule has 6 heteroatoms. The molecule has 0 amide bonds. The minimum Gasteiger partial charge on any atom is -0.291 e. The lowest BCUT2D eigenvalue weighted by Gasteiger charge is -2.09. The van der Waals surface area contributed by atoms with E-state index < -0.39 is 0 Å². The highest BCUT2D eigenvalue weighted by Crippen LogP contribution is 2.20. The van der Waals surface area contributed by atoms with Crippen molar-refractivity contribution < 1.29 is 4.79 Å². The Balaban J connectivity index is 1.78. The van der Waals surface area contributed by atoms with Crippen molar-refractivity contribution in [3.63, 3.8) is 0 Å². The van der Waals surface area contributed by atoms with Crippen molar-refractivity contribution in [2.45, 2.75) is 32.6 Å². The first-order valence-electron chi connectivity index (χ1n) is 8.64. The molecule has 0 fully saturated rings. The van der Waals surface area contributed by atoms with E-state index in [1.54, 1.807) is 24.3 Å². The van der Waals surface area contributed by atoms with Gasteiger partial charge in [-0.25, -0.2) is 0 Å². The van der Waals surface area contributed by atoms with Gasteiger partial charge < -0.3 is 0 Å². The third-order valence-corrected chi connectivity index (χ3v) is 4.46. The van der Waals surface area contributed by atoms with Gasteiger partial charge in [0.15, 0.2) is 5.78 Å². The van der Waals surface area contributed by atoms with Gasteiger partial charge in [-0.1, -0.05) is 35.9 Å². The molecular formula is C20H21ClN4O.